The molecule has 0 aliphatic rings. The Morgan fingerprint density at radius 2 is 1.95 bits per heavy atom. The fraction of sp³-hybridized carbons (Fsp3) is 0.400. The van der Waals surface area contributed by atoms with E-state index in [0.717, 1.165) is 0 Å². The van der Waals surface area contributed by atoms with E-state index in [-0.39, 0.29) is 12.4 Å². The van der Waals surface area contributed by atoms with E-state index in [1.807, 2.05) is 0 Å². The number of hydrogen-bond acceptors (Lipinski definition) is 5. The van der Waals surface area contributed by atoms with E-state index in [9.17, 15) is 14.4 Å². The van der Waals surface area contributed by atoms with Gasteiger partial charge in [0.2, 0.25) is 0 Å². The van der Waals surface area contributed by atoms with Crippen molar-refractivity contribution in [1.29, 1.82) is 0 Å². The van der Waals surface area contributed by atoms with Crippen molar-refractivity contribution in [3.05, 3.63) is 35.9 Å². The van der Waals surface area contributed by atoms with Crippen LogP contribution in [0.1, 0.15) is 36.5 Å². The van der Waals surface area contributed by atoms with Gasteiger partial charge in [0.15, 0.2) is 12.4 Å². The van der Waals surface area contributed by atoms with Gasteiger partial charge in [0, 0.05) is 6.42 Å². The average molecular weight is 278 g/mol. The molecule has 0 fully saturated rings. The van der Waals surface area contributed by atoms with Crippen molar-refractivity contribution in [2.45, 2.75) is 32.3 Å². The Bertz CT molecular complexity index is 441. The van der Waals surface area contributed by atoms with Crippen LogP contribution in [0.4, 0.5) is 0 Å². The number of carbonyl (C=O) groups excluding carboxylic acids is 3. The van der Waals surface area contributed by atoms with Gasteiger partial charge >= 0.3 is 11.9 Å². The van der Waals surface area contributed by atoms with Crippen molar-refractivity contribution in [3.8, 4) is 0 Å². The van der Waals surface area contributed by atoms with Gasteiger partial charge in [0.25, 0.3) is 0 Å². The average Bonchev–Trinajstić information content (AvgIpc) is 2.47. The van der Waals surface area contributed by atoms with Gasteiger partial charge in [0.1, 0.15) is 0 Å². The summed E-state index contributed by atoms with van der Waals surface area (Å²) in [5.74, 6) is -0.856. The highest BCUT2D eigenvalue weighted by atomic mass is 16.5. The first-order valence-electron chi connectivity index (χ1n) is 6.54. The molecule has 0 spiro atoms. The monoisotopic (exact) mass is 278 g/mol. The standard InChI is InChI=1S/C15H18O5/c1-2-19-14(17)10-6-9-13(11-16)20-15(18)12-7-4-3-5-8-12/h3-5,7-8,11,13H,2,6,9-10H2,1H3. The Morgan fingerprint density at radius 1 is 1.25 bits per heavy atom. The van der Waals surface area contributed by atoms with Gasteiger partial charge in [-0.15, -0.1) is 0 Å². The van der Waals surface area contributed by atoms with Crippen LogP contribution in [0.15, 0.2) is 30.3 Å². The topological polar surface area (TPSA) is 69.7 Å². The molecule has 0 saturated carbocycles. The molecule has 0 aliphatic heterocycles. The molecule has 1 aromatic carbocycles. The molecule has 0 saturated heterocycles. The number of rotatable bonds is 8. The summed E-state index contributed by atoms with van der Waals surface area (Å²) >= 11 is 0. The highest BCUT2D eigenvalue weighted by Crippen LogP contribution is 2.08. The highest BCUT2D eigenvalue weighted by molar-refractivity contribution is 5.90. The normalized spacial score (nSPS) is 11.4. The van der Waals surface area contributed by atoms with Gasteiger partial charge in [-0.25, -0.2) is 4.79 Å². The van der Waals surface area contributed by atoms with E-state index >= 15 is 0 Å². The molecule has 5 heteroatoms. The summed E-state index contributed by atoms with van der Waals surface area (Å²) in [5.41, 5.74) is 0.393. The molecule has 0 amide bonds. The number of aldehydes is 1. The number of hydrogen-bond donors (Lipinski definition) is 0. The Kier molecular flexibility index (Phi) is 7.03. The Morgan fingerprint density at radius 3 is 2.55 bits per heavy atom. The lowest BCUT2D eigenvalue weighted by Gasteiger charge is -2.11. The van der Waals surface area contributed by atoms with Crippen molar-refractivity contribution < 1.29 is 23.9 Å². The third-order valence-corrected chi connectivity index (χ3v) is 2.59. The van der Waals surface area contributed by atoms with Crippen LogP contribution < -0.4 is 0 Å². The van der Waals surface area contributed by atoms with E-state index in [1.54, 1.807) is 37.3 Å². The van der Waals surface area contributed by atoms with Crippen LogP contribution in [0.3, 0.4) is 0 Å². The molecule has 20 heavy (non-hydrogen) atoms. The lowest BCUT2D eigenvalue weighted by Crippen LogP contribution is -2.20. The van der Waals surface area contributed by atoms with Crippen molar-refractivity contribution in [3.63, 3.8) is 0 Å². The minimum Gasteiger partial charge on any atom is -0.466 e. The van der Waals surface area contributed by atoms with E-state index < -0.39 is 12.1 Å². The van der Waals surface area contributed by atoms with Crippen LogP contribution in [0, 0.1) is 0 Å². The smallest absolute Gasteiger partial charge is 0.338 e. The van der Waals surface area contributed by atoms with Crippen LogP contribution in [0.5, 0.6) is 0 Å². The first-order chi connectivity index (χ1) is 9.67. The summed E-state index contributed by atoms with van der Waals surface area (Å²) in [6.07, 6.45) is 0.690. The summed E-state index contributed by atoms with van der Waals surface area (Å²) in [6.45, 7) is 2.06. The first kappa shape index (κ1) is 15.9. The van der Waals surface area contributed by atoms with Gasteiger partial charge in [0.05, 0.1) is 12.2 Å². The van der Waals surface area contributed by atoms with E-state index in [1.165, 1.54) is 0 Å². The molecule has 0 aliphatic carbocycles. The van der Waals surface area contributed by atoms with Gasteiger partial charge < -0.3 is 9.47 Å². The molecule has 5 nitrogen and oxygen atoms in total. The van der Waals surface area contributed by atoms with Crippen LogP contribution in [0.2, 0.25) is 0 Å². The fourth-order valence-electron chi connectivity index (χ4n) is 1.62. The maximum atomic E-state index is 11.7. The van der Waals surface area contributed by atoms with E-state index in [4.69, 9.17) is 9.47 Å². The second-order valence-electron chi connectivity index (χ2n) is 4.14. The van der Waals surface area contributed by atoms with Gasteiger partial charge in [-0.05, 0) is 31.9 Å². The zero-order valence-electron chi connectivity index (χ0n) is 11.4. The number of esters is 2. The van der Waals surface area contributed by atoms with Crippen molar-refractivity contribution >= 4 is 18.2 Å². The van der Waals surface area contributed by atoms with Crippen LogP contribution in [-0.4, -0.2) is 30.9 Å². The minimum absolute atomic E-state index is 0.209. The Labute approximate surface area is 117 Å². The van der Waals surface area contributed by atoms with Gasteiger partial charge in [-0.2, -0.15) is 0 Å². The summed E-state index contributed by atoms with van der Waals surface area (Å²) in [6, 6.07) is 8.44. The quantitative estimate of drug-likeness (QED) is 0.538. The zero-order chi connectivity index (χ0) is 14.8. The van der Waals surface area contributed by atoms with Crippen molar-refractivity contribution in [1.82, 2.24) is 0 Å². The summed E-state index contributed by atoms with van der Waals surface area (Å²) in [7, 11) is 0. The molecule has 0 bridgehead atoms. The zero-order valence-corrected chi connectivity index (χ0v) is 11.4. The predicted molar refractivity (Wildman–Crippen MR) is 72.2 cm³/mol. The number of carbonyl (C=O) groups is 3. The summed E-state index contributed by atoms with van der Waals surface area (Å²) < 4.78 is 9.84. The molecular formula is C15H18O5. The van der Waals surface area contributed by atoms with Crippen LogP contribution in [-0.2, 0) is 19.1 Å². The summed E-state index contributed by atoms with van der Waals surface area (Å²) in [4.78, 5) is 33.8. The molecule has 0 N–H and O–H groups in total. The lowest BCUT2D eigenvalue weighted by atomic mass is 10.1. The maximum Gasteiger partial charge on any atom is 0.338 e. The Hall–Kier alpha value is -2.17. The molecule has 108 valence electrons. The SMILES string of the molecule is CCOC(=O)CCCC(C=O)OC(=O)c1ccccc1. The molecule has 0 aromatic heterocycles. The summed E-state index contributed by atoms with van der Waals surface area (Å²) in [5, 5.41) is 0. The third-order valence-electron chi connectivity index (χ3n) is 2.59. The van der Waals surface area contributed by atoms with Crippen molar-refractivity contribution in [2.75, 3.05) is 6.61 Å². The molecular weight excluding hydrogens is 260 g/mol. The molecule has 1 unspecified atom stereocenters. The first-order valence-corrected chi connectivity index (χ1v) is 6.54. The Balaban J connectivity index is 2.38. The largest absolute Gasteiger partial charge is 0.466 e. The van der Waals surface area contributed by atoms with Gasteiger partial charge in [-0.1, -0.05) is 18.2 Å². The van der Waals surface area contributed by atoms with E-state index in [2.05, 4.69) is 0 Å². The predicted octanol–water partition coefficient (Wildman–Crippen LogP) is 2.14. The lowest BCUT2D eigenvalue weighted by molar-refractivity contribution is -0.143. The maximum absolute atomic E-state index is 11.7. The molecule has 0 radical (unpaired) electrons. The van der Waals surface area contributed by atoms with Crippen LogP contribution >= 0.6 is 0 Å². The molecule has 1 aromatic rings. The molecule has 1 atom stereocenters. The van der Waals surface area contributed by atoms with Crippen molar-refractivity contribution in [2.24, 2.45) is 0 Å². The molecule has 1 rings (SSSR count). The second kappa shape index (κ2) is 8.85. The number of benzene rings is 1. The fourth-order valence-corrected chi connectivity index (χ4v) is 1.62. The van der Waals surface area contributed by atoms with Crippen LogP contribution in [0.25, 0.3) is 0 Å². The third kappa shape index (κ3) is 5.65. The highest BCUT2D eigenvalue weighted by Gasteiger charge is 2.15. The minimum atomic E-state index is -0.836. The van der Waals surface area contributed by atoms with E-state index in [0.29, 0.717) is 31.3 Å². The second-order valence-corrected chi connectivity index (χ2v) is 4.14. The molecule has 0 heterocycles. The number of ether oxygens (including phenoxy) is 2. The van der Waals surface area contributed by atoms with Gasteiger partial charge in [-0.3, -0.25) is 9.59 Å².